The van der Waals surface area contributed by atoms with Crippen LogP contribution in [0.2, 0.25) is 87.4 Å². The van der Waals surface area contributed by atoms with E-state index in [0.29, 0.717) is 141 Å². The van der Waals surface area contributed by atoms with E-state index in [1.807, 2.05) is 121 Å². The molecule has 8 aromatic carbocycles. The van der Waals surface area contributed by atoms with E-state index in [4.69, 9.17) is 245 Å². The van der Waals surface area contributed by atoms with Crippen molar-refractivity contribution in [2.45, 2.75) is 139 Å². The van der Waals surface area contributed by atoms with Gasteiger partial charge in [-0.2, -0.15) is 0 Å². The molecule has 0 spiro atoms. The number of fused-ring (bicyclic) bond motifs is 20. The van der Waals surface area contributed by atoms with E-state index in [2.05, 4.69) is 24.3 Å². The molecule has 0 aliphatic carbocycles. The predicted molar refractivity (Wildman–Crippen MR) is 617 cm³/mol. The zero-order chi connectivity index (χ0) is 98.1. The standard InChI is InChI=1S/C80H48B48N8O4.Zn/c81-105-65-73(113-89,121(65)97)25-33-9-34(26-74(114-90)66(106-82)122(74)98)14-45(13-33)137-41-1-5-49-53(21-41)61-130-57(49)129-58-50-6-2-42(138-46-15-35(27-75(115-91)67(107-83)123(75)99)10-36(16-46)28-76(116-92)68(108-84)124(76)100)22-54(50)62(131-58)133-60-52-8-4-44(140-48-19-39(31-79(119-95)71(111-87)127(79)103)12-40(20-48)32-80(120-96)72(112-88)128(80)104)24-56(52)64(135-60)136-63-55-23-43(3-7-51(55)59(132-61)134-63)139-47-17-37(29-77(117-93)69(109-85)125(77)101)11-38(18-47)30-78(118-94)70(110-86)126(78)102;/h1-24,65-72H,25-32H2;/q-2;+2/i105+0,106+0,107+0,108+0,109+0,110+0,111+0,112+0,113+0,114+0,115+0,116+0,117+0,118+0,119+0,120+0,121+0,122+0,123+0,124+0,125-1,126+0,127+0,128+0;. The van der Waals surface area contributed by atoms with Gasteiger partial charge >= 0.3 is 19.5 Å². The molecule has 8 bridgehead atoms. The molecule has 13 heterocycles. The Balaban J connectivity index is 0.0000122. The summed E-state index contributed by atoms with van der Waals surface area (Å²) in [5.74, 6) is 4.39. The van der Waals surface area contributed by atoms with Crippen LogP contribution >= 0.6 is 0 Å². The summed E-state index contributed by atoms with van der Waals surface area (Å²) in [6.07, 6.45) is 3.52. The molecule has 10 aliphatic heterocycles. The molecule has 10 aliphatic rings. The number of nitrogens with zero attached hydrogens (tertiary/aromatic N) is 8. The van der Waals surface area contributed by atoms with Crippen LogP contribution in [0.4, 0.5) is 0 Å². The van der Waals surface area contributed by atoms with Gasteiger partial charge in [0.25, 0.3) is 0 Å². The second-order valence-corrected chi connectivity index (χ2v) is 40.3. The van der Waals surface area contributed by atoms with Crippen LogP contribution in [0.5, 0.6) is 46.0 Å². The Labute approximate surface area is 888 Å². The minimum absolute atomic E-state index is 0. The van der Waals surface area contributed by atoms with Gasteiger partial charge in [0, 0.05) is 288 Å². The van der Waals surface area contributed by atoms with Crippen LogP contribution in [0.1, 0.15) is 44.5 Å². The van der Waals surface area contributed by atoms with Gasteiger partial charge in [0.2, 0.25) is 0 Å². The van der Waals surface area contributed by atoms with Gasteiger partial charge in [-0.15, -0.1) is 87.4 Å². The molecule has 578 valence electrons. The fourth-order valence-electron chi connectivity index (χ4n) is 23.9. The van der Waals surface area contributed by atoms with Crippen molar-refractivity contribution in [3.8, 4) is 91.5 Å². The molecule has 0 N–H and O–H groups in total. The Hall–Kier alpha value is -5.94. The Morgan fingerprint density at radius 2 is 0.404 bits per heavy atom. The van der Waals surface area contributed by atoms with Crippen LogP contribution in [-0.2, 0) is 70.8 Å². The summed E-state index contributed by atoms with van der Waals surface area (Å²) in [6.45, 7) is -2.58. The molecule has 61 heteroatoms. The molecular formula is C80H48B48N8O4Zn. The van der Waals surface area contributed by atoms with E-state index in [-0.39, 0.29) is 164 Å². The molecule has 0 amide bonds. The third-order valence-electron chi connectivity index (χ3n) is 33.0. The first-order chi connectivity index (χ1) is 67.5. The molecule has 8 fully saturated rings. The van der Waals surface area contributed by atoms with E-state index in [0.717, 1.165) is 44.5 Å². The SMILES string of the molecule is [B][11B]C1[10B]([B])C1([11B][B])Cc1cc(CC2([11B][B])[11B]([B])C2[11B][B])cc(Oc2ccc3c4nc5nc(nc6[n-]c(nc7nc(nc([n-]4)c3c2)-c2cc(Oc3cc(CC4([11B][B])[11B]([B])C4[11B][B])cc(CC4([11B][B])[11B]([B])C4[11B][B])c3)ccc2-7)c2cc(Oc3cc(CC4([11B][B])[11B]([B])C4[11B][B])cc(CC4([11B][B])[11B]([B])C4[11B][B])c3)ccc62)-c2ccc(Oc3cc(CC4([11B][B])[11B]([B])C4[11B][B])cc(CC4([11B][B])[11B]([B])C4[11B][B])c3)cc2-5)c1.[Zn+2]. The Morgan fingerprint density at radius 3 is 0.596 bits per heavy atom. The third-order valence-corrected chi connectivity index (χ3v) is 33.0. The molecule has 12 nitrogen and oxygen atoms in total. The van der Waals surface area contributed by atoms with Gasteiger partial charge in [0.15, 0.2) is 0 Å². The number of hydrogen-bond acceptors (Lipinski definition) is 10. The molecule has 0 saturated carbocycles. The Morgan fingerprint density at radius 1 is 0.220 bits per heavy atom. The number of rotatable bonds is 40. The third kappa shape index (κ3) is 17.4. The van der Waals surface area contributed by atoms with Gasteiger partial charge in [-0.25, -0.2) is 9.97 Å². The molecule has 141 heavy (non-hydrogen) atoms. The van der Waals surface area contributed by atoms with Gasteiger partial charge in [0.05, 0.1) is 133 Å². The van der Waals surface area contributed by atoms with Crippen LogP contribution in [-0.4, -0.2) is 383 Å². The summed E-state index contributed by atoms with van der Waals surface area (Å²) in [4.78, 5) is 43.5. The second kappa shape index (κ2) is 39.2. The molecule has 64 radical (unpaired) electrons. The fourth-order valence-corrected chi connectivity index (χ4v) is 23.9. The minimum Gasteiger partial charge on any atom is -0.457 e. The van der Waals surface area contributed by atoms with Crippen LogP contribution in [0, 0.1) is 0 Å². The average molecular weight is 1770 g/mol. The molecule has 16 atom stereocenters. The summed E-state index contributed by atoms with van der Waals surface area (Å²) in [5.41, 5.74) is 8.61. The first-order valence-corrected chi connectivity index (χ1v) is 47.0. The number of aromatic nitrogens is 8. The van der Waals surface area contributed by atoms with Crippen molar-refractivity contribution in [1.29, 1.82) is 0 Å². The Kier molecular flexibility index (Phi) is 28.4. The van der Waals surface area contributed by atoms with Gasteiger partial charge in [-0.3, -0.25) is 0 Å². The van der Waals surface area contributed by atoms with Crippen molar-refractivity contribution in [3.63, 3.8) is 0 Å². The minimum atomic E-state index is -0.633. The number of benzene rings is 8. The molecular weight excluding hydrogens is 1730 g/mol. The van der Waals surface area contributed by atoms with E-state index in [9.17, 15) is 0 Å². The quantitative estimate of drug-likeness (QED) is 0.0472. The molecule has 3 aromatic heterocycles. The summed E-state index contributed by atoms with van der Waals surface area (Å²) >= 11 is 0. The largest absolute Gasteiger partial charge is 2.00 e. The topological polar surface area (TPSA) is 142 Å². The molecule has 11 aromatic rings. The van der Waals surface area contributed by atoms with Crippen molar-refractivity contribution in [1.82, 2.24) is 39.9 Å². The number of ether oxygens (including phenoxy) is 4. The summed E-state index contributed by atoms with van der Waals surface area (Å²) in [5, 5.41) is -2.89. The molecule has 21 rings (SSSR count). The van der Waals surface area contributed by atoms with Crippen LogP contribution in [0.3, 0.4) is 0 Å². The van der Waals surface area contributed by atoms with Crippen LogP contribution < -0.4 is 28.9 Å². The Bertz CT molecular complexity index is 6730. The van der Waals surface area contributed by atoms with E-state index >= 15 is 0 Å². The van der Waals surface area contributed by atoms with E-state index < -0.39 is 41.7 Å². The van der Waals surface area contributed by atoms with Crippen molar-refractivity contribution in [3.05, 3.63) is 190 Å². The van der Waals surface area contributed by atoms with E-state index in [1.54, 1.807) is 115 Å². The van der Waals surface area contributed by atoms with Gasteiger partial charge < -0.3 is 48.9 Å². The zero-order valence-electron chi connectivity index (χ0n) is 77.8. The van der Waals surface area contributed by atoms with Crippen molar-refractivity contribution in [2.24, 2.45) is 0 Å². The van der Waals surface area contributed by atoms with Crippen LogP contribution in [0.15, 0.2) is 146 Å². The van der Waals surface area contributed by atoms with Crippen LogP contribution in [0.25, 0.3) is 89.7 Å². The summed E-state index contributed by atoms with van der Waals surface area (Å²) < 4.78 is 28.3. The second-order valence-electron chi connectivity index (χ2n) is 40.3. The average Bonchev–Trinajstić information content (AvgIpc) is 1.56. The number of hydrogen-bond donors (Lipinski definition) is 0. The predicted octanol–water partition coefficient (Wildman–Crippen LogP) is -0.169. The van der Waals surface area contributed by atoms with Gasteiger partial charge in [-0.1, -0.05) is 24.3 Å². The molecule has 8 saturated heterocycles. The maximum absolute atomic E-state index is 7.10. The first kappa shape index (κ1) is 102. The van der Waals surface area contributed by atoms with Crippen molar-refractivity contribution >= 4 is 397 Å². The van der Waals surface area contributed by atoms with Crippen molar-refractivity contribution < 1.29 is 38.4 Å². The maximum atomic E-state index is 7.10. The van der Waals surface area contributed by atoms with E-state index in [1.165, 1.54) is 0 Å². The van der Waals surface area contributed by atoms with Gasteiger partial charge in [0.1, 0.15) is 46.0 Å². The zero-order valence-corrected chi connectivity index (χ0v) is 80.7. The van der Waals surface area contributed by atoms with Gasteiger partial charge in [-0.05, 0) is 239 Å². The van der Waals surface area contributed by atoms with Crippen molar-refractivity contribution in [2.75, 3.05) is 0 Å². The maximum Gasteiger partial charge on any atom is 2.00 e. The summed E-state index contributed by atoms with van der Waals surface area (Å²) in [6, 6.07) is 46.5. The fraction of sp³-hybridized carbons (Fsp3) is 0.300. The smallest absolute Gasteiger partial charge is 0.457 e. The normalized spacial score (nSPS) is 27.1. The monoisotopic (exact) mass is 1780 g/mol. The summed E-state index contributed by atoms with van der Waals surface area (Å²) in [7, 11) is 181. The first-order valence-electron chi connectivity index (χ1n) is 47.0. The molecule has 16 unspecified atom stereocenters.